The van der Waals surface area contributed by atoms with Gasteiger partial charge in [0.05, 0.1) is 17.2 Å². The predicted octanol–water partition coefficient (Wildman–Crippen LogP) is 6.87. The van der Waals surface area contributed by atoms with E-state index in [1.165, 1.54) is 0 Å². The van der Waals surface area contributed by atoms with Gasteiger partial charge in [-0.3, -0.25) is 4.99 Å². The SMILES string of the molecule is CN=C1C=C2Oc3cc(NC)c(-c4ccccc4)cc3C3(OC(=O)c4ccccc43)C2C=C1c1ccccc1. The highest BCUT2D eigenvalue weighted by Crippen LogP contribution is 2.58. The Bertz CT molecular complexity index is 1720. The summed E-state index contributed by atoms with van der Waals surface area (Å²) in [7, 11) is 3.68. The smallest absolute Gasteiger partial charge is 0.339 e. The quantitative estimate of drug-likeness (QED) is 0.306. The van der Waals surface area contributed by atoms with Gasteiger partial charge in [0.1, 0.15) is 11.5 Å². The van der Waals surface area contributed by atoms with Gasteiger partial charge in [0.15, 0.2) is 5.60 Å². The van der Waals surface area contributed by atoms with Crippen molar-refractivity contribution >= 4 is 22.9 Å². The number of anilines is 1. The van der Waals surface area contributed by atoms with Crippen LogP contribution in [-0.2, 0) is 10.3 Å². The van der Waals surface area contributed by atoms with Crippen LogP contribution >= 0.6 is 0 Å². The molecule has 0 amide bonds. The van der Waals surface area contributed by atoms with E-state index < -0.39 is 5.60 Å². The first-order valence-corrected chi connectivity index (χ1v) is 13.0. The van der Waals surface area contributed by atoms with Crippen LogP contribution in [0.1, 0.15) is 27.0 Å². The molecule has 0 fully saturated rings. The number of nitrogens with one attached hydrogen (secondary N) is 1. The average Bonchev–Trinajstić information content (AvgIpc) is 3.29. The van der Waals surface area contributed by atoms with Crippen LogP contribution in [0.25, 0.3) is 16.7 Å². The van der Waals surface area contributed by atoms with Gasteiger partial charge < -0.3 is 14.8 Å². The fourth-order valence-electron chi connectivity index (χ4n) is 6.08. The number of carbonyl (C=O) groups excluding carboxylic acids is 1. The second-order valence-corrected chi connectivity index (χ2v) is 9.86. The van der Waals surface area contributed by atoms with Gasteiger partial charge in [0.2, 0.25) is 0 Å². The van der Waals surface area contributed by atoms with E-state index in [9.17, 15) is 4.79 Å². The zero-order valence-corrected chi connectivity index (χ0v) is 21.6. The lowest BCUT2D eigenvalue weighted by Crippen LogP contribution is -2.43. The van der Waals surface area contributed by atoms with Crippen molar-refractivity contribution in [3.63, 3.8) is 0 Å². The first-order chi connectivity index (χ1) is 19.1. The highest BCUT2D eigenvalue weighted by molar-refractivity contribution is 6.30. The van der Waals surface area contributed by atoms with Crippen molar-refractivity contribution in [3.05, 3.63) is 137 Å². The van der Waals surface area contributed by atoms with E-state index in [0.717, 1.165) is 44.8 Å². The van der Waals surface area contributed by atoms with Gasteiger partial charge in [-0.25, -0.2) is 4.79 Å². The van der Waals surface area contributed by atoms with E-state index in [-0.39, 0.29) is 11.9 Å². The molecule has 4 aromatic carbocycles. The van der Waals surface area contributed by atoms with Crippen LogP contribution in [0.4, 0.5) is 5.69 Å². The van der Waals surface area contributed by atoms with Crippen LogP contribution < -0.4 is 10.1 Å². The van der Waals surface area contributed by atoms with Gasteiger partial charge in [0.25, 0.3) is 0 Å². The average molecular weight is 511 g/mol. The first-order valence-electron chi connectivity index (χ1n) is 13.0. The Morgan fingerprint density at radius 3 is 2.23 bits per heavy atom. The monoisotopic (exact) mass is 510 g/mol. The zero-order valence-electron chi connectivity index (χ0n) is 21.6. The normalized spacial score (nSPS) is 21.7. The summed E-state index contributed by atoms with van der Waals surface area (Å²) in [5.74, 6) is 0.628. The molecule has 1 spiro atoms. The molecule has 1 N–H and O–H groups in total. The number of aliphatic imine (C=N–C) groups is 1. The van der Waals surface area contributed by atoms with Gasteiger partial charge in [-0.05, 0) is 23.3 Å². The maximum atomic E-state index is 13.4. The Balaban J connectivity index is 1.54. The number of hydrogen-bond acceptors (Lipinski definition) is 5. The predicted molar refractivity (Wildman–Crippen MR) is 154 cm³/mol. The molecule has 190 valence electrons. The van der Waals surface area contributed by atoms with Crippen molar-refractivity contribution in [3.8, 4) is 16.9 Å². The minimum Gasteiger partial charge on any atom is -0.460 e. The molecule has 7 rings (SSSR count). The molecule has 5 nitrogen and oxygen atoms in total. The molecular weight excluding hydrogens is 484 g/mol. The number of hydrogen-bond donors (Lipinski definition) is 1. The van der Waals surface area contributed by atoms with Gasteiger partial charge in [-0.15, -0.1) is 0 Å². The van der Waals surface area contributed by atoms with E-state index in [2.05, 4.69) is 46.7 Å². The van der Waals surface area contributed by atoms with Crippen LogP contribution in [-0.4, -0.2) is 25.8 Å². The molecule has 2 unspecified atom stereocenters. The summed E-state index contributed by atoms with van der Waals surface area (Å²) in [5, 5.41) is 3.33. The maximum Gasteiger partial charge on any atom is 0.339 e. The maximum absolute atomic E-state index is 13.4. The highest BCUT2D eigenvalue weighted by Gasteiger charge is 2.58. The largest absolute Gasteiger partial charge is 0.460 e. The number of carbonyl (C=O) groups is 1. The summed E-state index contributed by atoms with van der Waals surface area (Å²) in [6, 6.07) is 32.2. The second kappa shape index (κ2) is 8.84. The van der Waals surface area contributed by atoms with Crippen molar-refractivity contribution in [2.45, 2.75) is 5.60 Å². The Hall–Kier alpha value is -4.90. The van der Waals surface area contributed by atoms with Gasteiger partial charge in [-0.1, -0.05) is 84.9 Å². The Morgan fingerprint density at radius 2 is 1.51 bits per heavy atom. The molecule has 2 atom stereocenters. The summed E-state index contributed by atoms with van der Waals surface area (Å²) >= 11 is 0. The van der Waals surface area contributed by atoms with E-state index in [4.69, 9.17) is 9.47 Å². The third-order valence-electron chi connectivity index (χ3n) is 7.86. The summed E-state index contributed by atoms with van der Waals surface area (Å²) in [6.45, 7) is 0. The molecule has 1 aliphatic carbocycles. The van der Waals surface area contributed by atoms with E-state index in [1.807, 2.05) is 79.9 Å². The molecule has 0 saturated heterocycles. The standard InChI is InChI=1S/C34H26N2O3/c1-35-29-19-31-27(17-24(29)21-11-5-3-6-12-21)34(26-16-10-9-15-23(26)33(37)39-34)28-18-25(22-13-7-4-8-14-22)30(36-2)20-32(28)38-31/h3-20,27,36H,1-2H3. The van der Waals surface area contributed by atoms with Crippen molar-refractivity contribution in [1.82, 2.24) is 0 Å². The molecule has 0 saturated carbocycles. The van der Waals surface area contributed by atoms with Crippen LogP contribution in [0, 0.1) is 5.92 Å². The number of ether oxygens (including phenoxy) is 2. The summed E-state index contributed by atoms with van der Waals surface area (Å²) < 4.78 is 13.1. The molecule has 5 heteroatoms. The number of rotatable bonds is 3. The minimum atomic E-state index is -1.10. The molecule has 0 bridgehead atoms. The number of benzene rings is 4. The zero-order chi connectivity index (χ0) is 26.6. The number of allylic oxidation sites excluding steroid dienone is 2. The summed E-state index contributed by atoms with van der Waals surface area (Å²) in [5.41, 5.74) is 6.97. The summed E-state index contributed by atoms with van der Waals surface area (Å²) in [4.78, 5) is 18.0. The molecule has 2 aliphatic heterocycles. The Morgan fingerprint density at radius 1 is 0.821 bits per heavy atom. The van der Waals surface area contributed by atoms with Crippen molar-refractivity contribution in [2.24, 2.45) is 10.9 Å². The van der Waals surface area contributed by atoms with Gasteiger partial charge in [-0.2, -0.15) is 0 Å². The molecule has 0 radical (unpaired) electrons. The Kier molecular flexibility index (Phi) is 5.27. The minimum absolute atomic E-state index is 0.332. The molecule has 2 heterocycles. The van der Waals surface area contributed by atoms with E-state index >= 15 is 0 Å². The fraction of sp³-hybridized carbons (Fsp3) is 0.118. The van der Waals surface area contributed by atoms with Crippen molar-refractivity contribution < 1.29 is 14.3 Å². The van der Waals surface area contributed by atoms with Crippen LogP contribution in [0.5, 0.6) is 5.75 Å². The molecule has 39 heavy (non-hydrogen) atoms. The molecule has 0 aromatic heterocycles. The van der Waals surface area contributed by atoms with Gasteiger partial charge >= 0.3 is 5.97 Å². The van der Waals surface area contributed by atoms with E-state index in [1.54, 1.807) is 7.05 Å². The van der Waals surface area contributed by atoms with Crippen molar-refractivity contribution in [1.29, 1.82) is 0 Å². The highest BCUT2D eigenvalue weighted by atomic mass is 16.6. The molecule has 4 aromatic rings. The van der Waals surface area contributed by atoms with Crippen LogP contribution in [0.2, 0.25) is 0 Å². The number of esters is 1. The van der Waals surface area contributed by atoms with Crippen LogP contribution in [0.15, 0.2) is 120 Å². The third-order valence-corrected chi connectivity index (χ3v) is 7.86. The Labute approximate surface area is 227 Å². The molecular formula is C34H26N2O3. The lowest BCUT2D eigenvalue weighted by molar-refractivity contribution is -0.0141. The second-order valence-electron chi connectivity index (χ2n) is 9.86. The number of nitrogens with zero attached hydrogens (tertiary/aromatic N) is 1. The lowest BCUT2D eigenvalue weighted by atomic mass is 9.69. The third kappa shape index (κ3) is 3.40. The van der Waals surface area contributed by atoms with Crippen LogP contribution in [0.3, 0.4) is 0 Å². The number of fused-ring (bicyclic) bond motifs is 6. The molecule has 3 aliphatic rings. The lowest BCUT2D eigenvalue weighted by Gasteiger charge is -2.43. The van der Waals surface area contributed by atoms with Gasteiger partial charge in [0, 0.05) is 54.2 Å². The fourth-order valence-corrected chi connectivity index (χ4v) is 6.08. The van der Waals surface area contributed by atoms with E-state index in [0.29, 0.717) is 17.1 Å². The van der Waals surface area contributed by atoms with Crippen molar-refractivity contribution in [2.75, 3.05) is 19.4 Å². The topological polar surface area (TPSA) is 59.9 Å². The summed E-state index contributed by atoms with van der Waals surface area (Å²) in [6.07, 6.45) is 4.14. The first kappa shape index (κ1) is 23.2.